The van der Waals surface area contributed by atoms with E-state index in [2.05, 4.69) is 43.7 Å². The van der Waals surface area contributed by atoms with E-state index in [-0.39, 0.29) is 17.8 Å². The Balaban J connectivity index is 2.11. The molecule has 0 saturated carbocycles. The maximum atomic E-state index is 10.1. The number of piperidine rings is 1. The lowest BCUT2D eigenvalue weighted by atomic mass is 9.89. The summed E-state index contributed by atoms with van der Waals surface area (Å²) in [4.78, 5) is 2.38. The van der Waals surface area contributed by atoms with E-state index in [0.29, 0.717) is 8.95 Å². The molecule has 2 atom stereocenters. The van der Waals surface area contributed by atoms with Crippen LogP contribution in [0.5, 0.6) is 5.75 Å². The number of likely N-dealkylation sites (tertiary alicyclic amines) is 1. The molecule has 1 fully saturated rings. The lowest BCUT2D eigenvalue weighted by Gasteiger charge is -2.35. The van der Waals surface area contributed by atoms with Gasteiger partial charge in [0.2, 0.25) is 0 Å². The van der Waals surface area contributed by atoms with Gasteiger partial charge < -0.3 is 15.1 Å². The first-order valence-corrected chi connectivity index (χ1v) is 8.17. The van der Waals surface area contributed by atoms with Crippen LogP contribution in [0, 0.1) is 5.92 Å². The van der Waals surface area contributed by atoms with Gasteiger partial charge in [0.25, 0.3) is 0 Å². The van der Waals surface area contributed by atoms with Crippen molar-refractivity contribution in [3.05, 3.63) is 26.6 Å². The summed E-state index contributed by atoms with van der Waals surface area (Å²) in [5.41, 5.74) is 1.12. The van der Waals surface area contributed by atoms with Crippen LogP contribution in [0.3, 0.4) is 0 Å². The summed E-state index contributed by atoms with van der Waals surface area (Å²) >= 11 is 6.70. The number of phenols is 1. The summed E-state index contributed by atoms with van der Waals surface area (Å²) < 4.78 is 1.38. The quantitative estimate of drug-likeness (QED) is 0.830. The fourth-order valence-corrected chi connectivity index (χ4v) is 3.90. The molecule has 0 radical (unpaired) electrons. The highest BCUT2D eigenvalue weighted by molar-refractivity contribution is 9.11. The summed E-state index contributed by atoms with van der Waals surface area (Å²) in [6.45, 7) is 5.11. The topological polar surface area (TPSA) is 43.7 Å². The molecule has 106 valence electrons. The number of hydrogen-bond donors (Lipinski definition) is 2. The van der Waals surface area contributed by atoms with Gasteiger partial charge in [-0.15, -0.1) is 0 Å². The predicted molar refractivity (Wildman–Crippen MR) is 83.4 cm³/mol. The van der Waals surface area contributed by atoms with Crippen LogP contribution in [0.15, 0.2) is 21.1 Å². The Bertz CT molecular complexity index is 430. The van der Waals surface area contributed by atoms with Crippen LogP contribution >= 0.6 is 31.9 Å². The predicted octanol–water partition coefficient (Wildman–Crippen LogP) is 3.16. The largest absolute Gasteiger partial charge is 0.506 e. The van der Waals surface area contributed by atoms with Gasteiger partial charge in [-0.2, -0.15) is 0 Å². The molecule has 2 rings (SSSR count). The van der Waals surface area contributed by atoms with E-state index < -0.39 is 0 Å². The Hall–Kier alpha value is -0.100. The zero-order valence-corrected chi connectivity index (χ0v) is 14.1. The monoisotopic (exact) mass is 391 g/mol. The highest BCUT2D eigenvalue weighted by Crippen LogP contribution is 2.34. The standard InChI is InChI=1S/C14H19Br2NO2/c1-2-17-4-3-13(18)10(8-17)5-9-6-11(15)14(19)12(16)7-9/h6-7,10,13,18-19H,2-5,8H2,1H3. The molecule has 1 aliphatic rings. The number of aromatic hydroxyl groups is 1. The Labute approximate surface area is 130 Å². The van der Waals surface area contributed by atoms with Crippen LogP contribution in [-0.2, 0) is 6.42 Å². The highest BCUT2D eigenvalue weighted by Gasteiger charge is 2.27. The lowest BCUT2D eigenvalue weighted by Crippen LogP contribution is -2.43. The first-order valence-electron chi connectivity index (χ1n) is 6.58. The molecule has 0 bridgehead atoms. The maximum absolute atomic E-state index is 10.1. The Morgan fingerprint density at radius 3 is 2.53 bits per heavy atom. The van der Waals surface area contributed by atoms with Gasteiger partial charge in [-0.1, -0.05) is 6.92 Å². The van der Waals surface area contributed by atoms with Gasteiger partial charge in [0.1, 0.15) is 5.75 Å². The van der Waals surface area contributed by atoms with Gasteiger partial charge in [0, 0.05) is 19.0 Å². The van der Waals surface area contributed by atoms with Crippen molar-refractivity contribution in [1.82, 2.24) is 4.90 Å². The average molecular weight is 393 g/mol. The van der Waals surface area contributed by atoms with Crippen LogP contribution < -0.4 is 0 Å². The summed E-state index contributed by atoms with van der Waals surface area (Å²) in [7, 11) is 0. The molecule has 5 heteroatoms. The zero-order valence-electron chi connectivity index (χ0n) is 10.9. The maximum Gasteiger partial charge on any atom is 0.143 e. The van der Waals surface area contributed by atoms with Crippen LogP contribution in [0.25, 0.3) is 0 Å². The van der Waals surface area contributed by atoms with Crippen molar-refractivity contribution >= 4 is 31.9 Å². The SMILES string of the molecule is CCN1CCC(O)C(Cc2cc(Br)c(O)c(Br)c2)C1. The minimum atomic E-state index is -0.228. The van der Waals surface area contributed by atoms with Crippen molar-refractivity contribution in [1.29, 1.82) is 0 Å². The van der Waals surface area contributed by atoms with Gasteiger partial charge >= 0.3 is 0 Å². The van der Waals surface area contributed by atoms with Crippen molar-refractivity contribution in [2.75, 3.05) is 19.6 Å². The lowest BCUT2D eigenvalue weighted by molar-refractivity contribution is 0.0290. The van der Waals surface area contributed by atoms with Crippen LogP contribution in [0.4, 0.5) is 0 Å². The van der Waals surface area contributed by atoms with Gasteiger partial charge in [0.15, 0.2) is 0 Å². The molecule has 3 nitrogen and oxygen atoms in total. The molecular weight excluding hydrogens is 374 g/mol. The molecule has 0 aliphatic carbocycles. The summed E-state index contributed by atoms with van der Waals surface area (Å²) in [6.07, 6.45) is 1.45. The summed E-state index contributed by atoms with van der Waals surface area (Å²) in [6, 6.07) is 3.86. The van der Waals surface area contributed by atoms with Crippen molar-refractivity contribution in [2.24, 2.45) is 5.92 Å². The smallest absolute Gasteiger partial charge is 0.143 e. The number of benzene rings is 1. The first kappa shape index (κ1) is 15.3. The molecule has 19 heavy (non-hydrogen) atoms. The fraction of sp³-hybridized carbons (Fsp3) is 0.571. The van der Waals surface area contributed by atoms with E-state index in [4.69, 9.17) is 0 Å². The molecule has 1 aromatic rings. The van der Waals surface area contributed by atoms with Crippen molar-refractivity contribution in [3.63, 3.8) is 0 Å². The zero-order chi connectivity index (χ0) is 14.0. The number of rotatable bonds is 3. The van der Waals surface area contributed by atoms with Gasteiger partial charge in [0.05, 0.1) is 15.0 Å². The molecule has 1 aliphatic heterocycles. The number of aliphatic hydroxyl groups excluding tert-OH is 1. The second-order valence-corrected chi connectivity index (χ2v) is 6.83. The molecule has 1 heterocycles. The molecular formula is C14H19Br2NO2. The molecule has 2 unspecified atom stereocenters. The summed E-state index contributed by atoms with van der Waals surface area (Å²) in [5, 5.41) is 19.9. The number of phenolic OH excluding ortho intramolecular Hbond substituents is 1. The van der Waals surface area contributed by atoms with Crippen molar-refractivity contribution < 1.29 is 10.2 Å². The van der Waals surface area contributed by atoms with E-state index in [9.17, 15) is 10.2 Å². The minimum absolute atomic E-state index is 0.225. The molecule has 1 aromatic carbocycles. The third-order valence-corrected chi connectivity index (χ3v) is 5.01. The van der Waals surface area contributed by atoms with E-state index >= 15 is 0 Å². The van der Waals surface area contributed by atoms with Crippen LogP contribution in [-0.4, -0.2) is 40.9 Å². The number of halogens is 2. The third kappa shape index (κ3) is 3.72. The number of hydrogen-bond acceptors (Lipinski definition) is 3. The molecule has 0 spiro atoms. The van der Waals surface area contributed by atoms with Crippen molar-refractivity contribution in [2.45, 2.75) is 25.9 Å². The van der Waals surface area contributed by atoms with Crippen LogP contribution in [0.2, 0.25) is 0 Å². The van der Waals surface area contributed by atoms with Crippen LogP contribution in [0.1, 0.15) is 18.9 Å². The van der Waals surface area contributed by atoms with Gasteiger partial charge in [-0.05, 0) is 68.9 Å². The Morgan fingerprint density at radius 2 is 1.95 bits per heavy atom. The second-order valence-electron chi connectivity index (χ2n) is 5.12. The first-order chi connectivity index (χ1) is 9.01. The minimum Gasteiger partial charge on any atom is -0.506 e. The number of nitrogens with zero attached hydrogens (tertiary/aromatic N) is 1. The van der Waals surface area contributed by atoms with E-state index in [1.807, 2.05) is 12.1 Å². The molecule has 0 aromatic heterocycles. The Kier molecular flexibility index (Phi) is 5.29. The molecule has 2 N–H and O–H groups in total. The highest BCUT2D eigenvalue weighted by atomic mass is 79.9. The van der Waals surface area contributed by atoms with E-state index in [1.165, 1.54) is 0 Å². The average Bonchev–Trinajstić information content (AvgIpc) is 2.38. The van der Waals surface area contributed by atoms with E-state index in [1.54, 1.807) is 0 Å². The fourth-order valence-electron chi connectivity index (χ4n) is 2.62. The van der Waals surface area contributed by atoms with E-state index in [0.717, 1.165) is 38.0 Å². The normalized spacial score (nSPS) is 24.6. The molecule has 0 amide bonds. The second kappa shape index (κ2) is 6.57. The summed E-state index contributed by atoms with van der Waals surface area (Å²) in [5.74, 6) is 0.486. The molecule has 1 saturated heterocycles. The van der Waals surface area contributed by atoms with Gasteiger partial charge in [-0.25, -0.2) is 0 Å². The van der Waals surface area contributed by atoms with Gasteiger partial charge in [-0.3, -0.25) is 0 Å². The Morgan fingerprint density at radius 1 is 1.32 bits per heavy atom. The third-order valence-electron chi connectivity index (χ3n) is 3.80. The van der Waals surface area contributed by atoms with Crippen molar-refractivity contribution in [3.8, 4) is 5.75 Å². The number of aliphatic hydroxyl groups is 1.